The molecule has 0 spiro atoms. The minimum Gasteiger partial charge on any atom is -0.481 e. The third kappa shape index (κ3) is 5.17. The highest BCUT2D eigenvalue weighted by Crippen LogP contribution is 2.37. The number of nitrogens with one attached hydrogen (secondary N) is 1. The van der Waals surface area contributed by atoms with E-state index in [0.717, 1.165) is 19.8 Å². The summed E-state index contributed by atoms with van der Waals surface area (Å²) in [5.74, 6) is -0.0367. The van der Waals surface area contributed by atoms with Gasteiger partial charge in [-0.1, -0.05) is 18.2 Å². The van der Waals surface area contributed by atoms with Gasteiger partial charge in [0.25, 0.3) is 0 Å². The van der Waals surface area contributed by atoms with Crippen LogP contribution in [-0.2, 0) is 22.4 Å². The molecule has 2 amide bonds. The number of benzene rings is 1. The van der Waals surface area contributed by atoms with Crippen molar-refractivity contribution in [2.75, 3.05) is 12.4 Å². The lowest BCUT2D eigenvalue weighted by molar-refractivity contribution is -0.117. The molecule has 0 radical (unpaired) electrons. The fourth-order valence-corrected chi connectivity index (χ4v) is 4.58. The van der Waals surface area contributed by atoms with Gasteiger partial charge in [-0.25, -0.2) is 4.98 Å². The standard InChI is InChI=1S/C20H18BrN3O3S/c1-27-19-4-2-3-14(24-19)9-18(26)23-13-7-5-12(6-8-13)20-16(21)10-15(28-20)11-17(22)25/h2-8,10H,9,11H2,1H3,(H2,22,25)(H,23,26). The highest BCUT2D eigenvalue weighted by Gasteiger charge is 2.12. The van der Waals surface area contributed by atoms with Crippen LogP contribution in [0.3, 0.4) is 0 Å². The first-order chi connectivity index (χ1) is 13.4. The number of halogens is 1. The van der Waals surface area contributed by atoms with Crippen LogP contribution in [0.4, 0.5) is 5.69 Å². The number of carbonyl (C=O) groups is 2. The van der Waals surface area contributed by atoms with E-state index in [2.05, 4.69) is 26.2 Å². The molecule has 3 N–H and O–H groups in total. The first-order valence-corrected chi connectivity index (χ1v) is 10.0. The molecule has 0 aliphatic heterocycles. The maximum absolute atomic E-state index is 12.3. The Kier molecular flexibility index (Phi) is 6.43. The molecule has 28 heavy (non-hydrogen) atoms. The summed E-state index contributed by atoms with van der Waals surface area (Å²) in [6, 6.07) is 14.7. The van der Waals surface area contributed by atoms with Gasteiger partial charge in [0.1, 0.15) is 0 Å². The molecule has 0 saturated carbocycles. The summed E-state index contributed by atoms with van der Waals surface area (Å²) in [4.78, 5) is 29.5. The maximum Gasteiger partial charge on any atom is 0.230 e. The topological polar surface area (TPSA) is 94.3 Å². The number of hydrogen-bond acceptors (Lipinski definition) is 5. The number of nitrogens with two attached hydrogens (primary N) is 1. The van der Waals surface area contributed by atoms with Crippen molar-refractivity contribution in [2.24, 2.45) is 5.73 Å². The van der Waals surface area contributed by atoms with Gasteiger partial charge >= 0.3 is 0 Å². The number of amides is 2. The second kappa shape index (κ2) is 8.99. The van der Waals surface area contributed by atoms with Crippen LogP contribution < -0.4 is 15.8 Å². The average Bonchev–Trinajstić information content (AvgIpc) is 3.01. The third-order valence-electron chi connectivity index (χ3n) is 3.85. The lowest BCUT2D eigenvalue weighted by Gasteiger charge is -2.07. The molecule has 0 saturated heterocycles. The first-order valence-electron chi connectivity index (χ1n) is 8.41. The van der Waals surface area contributed by atoms with Crippen molar-refractivity contribution < 1.29 is 14.3 Å². The van der Waals surface area contributed by atoms with Gasteiger partial charge in [0, 0.05) is 26.0 Å². The normalized spacial score (nSPS) is 10.5. The van der Waals surface area contributed by atoms with Crippen LogP contribution in [0.5, 0.6) is 5.88 Å². The second-order valence-electron chi connectivity index (χ2n) is 6.01. The molecule has 0 fully saturated rings. The summed E-state index contributed by atoms with van der Waals surface area (Å²) in [6.07, 6.45) is 0.377. The van der Waals surface area contributed by atoms with E-state index in [-0.39, 0.29) is 24.7 Å². The Morgan fingerprint density at radius 3 is 2.61 bits per heavy atom. The Hall–Kier alpha value is -2.71. The second-order valence-corrected chi connectivity index (χ2v) is 8.00. The SMILES string of the molecule is COc1cccc(CC(=O)Nc2ccc(-c3sc(CC(N)=O)cc3Br)cc2)n1. The molecule has 1 aromatic carbocycles. The summed E-state index contributed by atoms with van der Waals surface area (Å²) in [7, 11) is 1.54. The molecular formula is C20H18BrN3O3S. The Morgan fingerprint density at radius 2 is 1.93 bits per heavy atom. The molecule has 0 unspecified atom stereocenters. The molecule has 3 aromatic rings. The van der Waals surface area contributed by atoms with Gasteiger partial charge < -0.3 is 15.8 Å². The van der Waals surface area contributed by atoms with Gasteiger partial charge in [-0.15, -0.1) is 11.3 Å². The summed E-state index contributed by atoms with van der Waals surface area (Å²) in [5, 5.41) is 2.86. The molecule has 144 valence electrons. The smallest absolute Gasteiger partial charge is 0.230 e. The van der Waals surface area contributed by atoms with Crippen LogP contribution in [0.2, 0.25) is 0 Å². The number of primary amides is 1. The Labute approximate surface area is 174 Å². The fourth-order valence-electron chi connectivity index (χ4n) is 2.62. The summed E-state index contributed by atoms with van der Waals surface area (Å²) in [6.45, 7) is 0. The number of rotatable bonds is 7. The van der Waals surface area contributed by atoms with E-state index in [1.54, 1.807) is 18.2 Å². The number of methoxy groups -OCH3 is 1. The van der Waals surface area contributed by atoms with Crippen molar-refractivity contribution in [3.05, 3.63) is 63.6 Å². The van der Waals surface area contributed by atoms with Crippen molar-refractivity contribution >= 4 is 44.8 Å². The minimum absolute atomic E-state index is 0.158. The number of nitrogens with zero attached hydrogens (tertiary/aromatic N) is 1. The van der Waals surface area contributed by atoms with Gasteiger partial charge in [-0.05, 0) is 45.8 Å². The number of thiophene rings is 1. The molecule has 0 atom stereocenters. The quantitative estimate of drug-likeness (QED) is 0.561. The van der Waals surface area contributed by atoms with Gasteiger partial charge in [0.05, 0.1) is 25.6 Å². The third-order valence-corrected chi connectivity index (χ3v) is 5.92. The Bertz CT molecular complexity index is 1000. The zero-order chi connectivity index (χ0) is 20.1. The van der Waals surface area contributed by atoms with Gasteiger partial charge in [0.15, 0.2) is 0 Å². The zero-order valence-corrected chi connectivity index (χ0v) is 17.5. The number of anilines is 1. The van der Waals surface area contributed by atoms with E-state index in [4.69, 9.17) is 10.5 Å². The monoisotopic (exact) mass is 459 g/mol. The minimum atomic E-state index is -0.358. The molecule has 0 aliphatic rings. The van der Waals surface area contributed by atoms with E-state index in [0.29, 0.717) is 17.3 Å². The number of aromatic nitrogens is 1. The number of carbonyl (C=O) groups excluding carboxylic acids is 2. The molecule has 2 heterocycles. The van der Waals surface area contributed by atoms with Crippen LogP contribution in [0.15, 0.2) is 53.0 Å². The largest absolute Gasteiger partial charge is 0.481 e. The highest BCUT2D eigenvalue weighted by atomic mass is 79.9. The van der Waals surface area contributed by atoms with Crippen molar-refractivity contribution in [3.8, 4) is 16.3 Å². The Morgan fingerprint density at radius 1 is 1.18 bits per heavy atom. The van der Waals surface area contributed by atoms with E-state index >= 15 is 0 Å². The molecule has 3 rings (SSSR count). The molecule has 0 aliphatic carbocycles. The van der Waals surface area contributed by atoms with Gasteiger partial charge in [-0.2, -0.15) is 0 Å². The van der Waals surface area contributed by atoms with Crippen molar-refractivity contribution in [3.63, 3.8) is 0 Å². The molecule has 8 heteroatoms. The molecule has 6 nitrogen and oxygen atoms in total. The van der Waals surface area contributed by atoms with Gasteiger partial charge in [-0.3, -0.25) is 9.59 Å². The van der Waals surface area contributed by atoms with Crippen LogP contribution in [-0.4, -0.2) is 23.9 Å². The van der Waals surface area contributed by atoms with Crippen LogP contribution in [0, 0.1) is 0 Å². The van der Waals surface area contributed by atoms with E-state index in [9.17, 15) is 9.59 Å². The molecule has 2 aromatic heterocycles. The maximum atomic E-state index is 12.3. The summed E-state index contributed by atoms with van der Waals surface area (Å²) in [5.41, 5.74) is 7.58. The molecular weight excluding hydrogens is 442 g/mol. The van der Waals surface area contributed by atoms with Crippen LogP contribution in [0.1, 0.15) is 10.6 Å². The number of ether oxygens (including phenoxy) is 1. The van der Waals surface area contributed by atoms with Crippen molar-refractivity contribution in [1.29, 1.82) is 0 Å². The lowest BCUT2D eigenvalue weighted by atomic mass is 10.1. The van der Waals surface area contributed by atoms with E-state index in [1.165, 1.54) is 18.4 Å². The Balaban J connectivity index is 1.66. The predicted octanol–water partition coefficient (Wildman–Crippen LogP) is 3.79. The highest BCUT2D eigenvalue weighted by molar-refractivity contribution is 9.10. The average molecular weight is 460 g/mol. The summed E-state index contributed by atoms with van der Waals surface area (Å²) < 4.78 is 5.98. The lowest BCUT2D eigenvalue weighted by Crippen LogP contribution is -2.15. The number of pyridine rings is 1. The van der Waals surface area contributed by atoms with Crippen LogP contribution in [0.25, 0.3) is 10.4 Å². The summed E-state index contributed by atoms with van der Waals surface area (Å²) >= 11 is 5.03. The molecule has 0 bridgehead atoms. The van der Waals surface area contributed by atoms with Gasteiger partial charge in [0.2, 0.25) is 17.7 Å². The number of hydrogen-bond donors (Lipinski definition) is 2. The predicted molar refractivity (Wildman–Crippen MR) is 113 cm³/mol. The fraction of sp³-hybridized carbons (Fsp3) is 0.150. The van der Waals surface area contributed by atoms with E-state index < -0.39 is 0 Å². The van der Waals surface area contributed by atoms with Crippen molar-refractivity contribution in [2.45, 2.75) is 12.8 Å². The first kappa shape index (κ1) is 20.0. The van der Waals surface area contributed by atoms with E-state index in [1.807, 2.05) is 30.3 Å². The zero-order valence-electron chi connectivity index (χ0n) is 15.1. The van der Waals surface area contributed by atoms with Crippen LogP contribution >= 0.6 is 27.3 Å². The van der Waals surface area contributed by atoms with Crippen molar-refractivity contribution in [1.82, 2.24) is 4.98 Å².